The van der Waals surface area contributed by atoms with Crippen molar-refractivity contribution in [2.24, 2.45) is 4.99 Å². The smallest absolute Gasteiger partial charge is 0.191 e. The summed E-state index contributed by atoms with van der Waals surface area (Å²) < 4.78 is 21.9. The van der Waals surface area contributed by atoms with Gasteiger partial charge in [-0.15, -0.1) is 0 Å². The first kappa shape index (κ1) is 22.5. The summed E-state index contributed by atoms with van der Waals surface area (Å²) in [4.78, 5) is 4.67. The van der Waals surface area contributed by atoms with Crippen molar-refractivity contribution in [1.29, 1.82) is 0 Å². The maximum Gasteiger partial charge on any atom is 0.191 e. The summed E-state index contributed by atoms with van der Waals surface area (Å²) in [5.74, 6) is 1.69. The lowest BCUT2D eigenvalue weighted by Gasteiger charge is -2.13. The van der Waals surface area contributed by atoms with E-state index in [-0.39, 0.29) is 6.10 Å². The van der Waals surface area contributed by atoms with E-state index in [4.69, 9.17) is 18.9 Å². The van der Waals surface area contributed by atoms with Crippen molar-refractivity contribution in [1.82, 2.24) is 10.6 Å². The molecule has 1 aromatic rings. The molecule has 0 aliphatic carbocycles. The number of hydrogen-bond donors (Lipinski definition) is 2. The Morgan fingerprint density at radius 2 is 2.14 bits per heavy atom. The van der Waals surface area contributed by atoms with Gasteiger partial charge in [0.15, 0.2) is 5.96 Å². The molecule has 0 aromatic heterocycles. The third-order valence-corrected chi connectivity index (χ3v) is 4.28. The van der Waals surface area contributed by atoms with Crippen LogP contribution in [0.3, 0.4) is 0 Å². The third kappa shape index (κ3) is 9.39. The van der Waals surface area contributed by atoms with Gasteiger partial charge >= 0.3 is 0 Å². The van der Waals surface area contributed by atoms with Crippen molar-refractivity contribution in [3.8, 4) is 5.75 Å². The quantitative estimate of drug-likeness (QED) is 0.304. The van der Waals surface area contributed by atoms with Gasteiger partial charge in [0.05, 0.1) is 25.9 Å². The van der Waals surface area contributed by atoms with Crippen LogP contribution < -0.4 is 15.4 Å². The van der Waals surface area contributed by atoms with Crippen molar-refractivity contribution in [3.63, 3.8) is 0 Å². The van der Waals surface area contributed by atoms with Gasteiger partial charge in [0.25, 0.3) is 0 Å². The highest BCUT2D eigenvalue weighted by Crippen LogP contribution is 2.14. The lowest BCUT2D eigenvalue weighted by Crippen LogP contribution is -2.38. The summed E-state index contributed by atoms with van der Waals surface area (Å²) in [5, 5.41) is 6.64. The molecule has 0 saturated carbocycles. The number of benzene rings is 1. The number of guanidine groups is 1. The van der Waals surface area contributed by atoms with Gasteiger partial charge in [0.2, 0.25) is 0 Å². The standard InChI is InChI=1S/C21H35N3O4/c1-3-22-21(23-10-5-12-28-20-9-14-26-17-20)24-16-18-7-4-8-19(15-18)27-13-6-11-25-2/h4,7-8,15,20H,3,5-6,9-14,16-17H2,1-2H3,(H2,22,23,24). The molecular formula is C21H35N3O4. The Kier molecular flexibility index (Phi) is 11.4. The molecule has 0 bridgehead atoms. The Morgan fingerprint density at radius 1 is 1.21 bits per heavy atom. The van der Waals surface area contributed by atoms with Crippen LogP contribution >= 0.6 is 0 Å². The van der Waals surface area contributed by atoms with Crippen molar-refractivity contribution in [2.75, 3.05) is 53.2 Å². The topological polar surface area (TPSA) is 73.3 Å². The Morgan fingerprint density at radius 3 is 2.93 bits per heavy atom. The van der Waals surface area contributed by atoms with Crippen LogP contribution in [-0.4, -0.2) is 65.3 Å². The van der Waals surface area contributed by atoms with E-state index in [1.165, 1.54) is 0 Å². The van der Waals surface area contributed by atoms with Crippen LogP contribution in [0.25, 0.3) is 0 Å². The molecule has 1 unspecified atom stereocenters. The van der Waals surface area contributed by atoms with Gasteiger partial charge in [0, 0.05) is 46.4 Å². The molecule has 1 heterocycles. The molecule has 7 nitrogen and oxygen atoms in total. The first-order valence-electron chi connectivity index (χ1n) is 10.2. The lowest BCUT2D eigenvalue weighted by atomic mass is 10.2. The summed E-state index contributed by atoms with van der Waals surface area (Å²) >= 11 is 0. The number of rotatable bonds is 13. The highest BCUT2D eigenvalue weighted by Gasteiger charge is 2.15. The first-order valence-corrected chi connectivity index (χ1v) is 10.2. The fourth-order valence-corrected chi connectivity index (χ4v) is 2.81. The molecule has 0 radical (unpaired) electrons. The maximum atomic E-state index is 5.79. The first-order chi connectivity index (χ1) is 13.8. The van der Waals surface area contributed by atoms with Gasteiger partial charge in [0.1, 0.15) is 5.75 Å². The minimum Gasteiger partial charge on any atom is -0.493 e. The van der Waals surface area contributed by atoms with Crippen molar-refractivity contribution in [2.45, 2.75) is 38.8 Å². The van der Waals surface area contributed by atoms with E-state index in [1.54, 1.807) is 7.11 Å². The predicted octanol–water partition coefficient (Wildman–Crippen LogP) is 2.35. The van der Waals surface area contributed by atoms with Gasteiger partial charge in [-0.25, -0.2) is 4.99 Å². The fourth-order valence-electron chi connectivity index (χ4n) is 2.81. The second kappa shape index (κ2) is 14.2. The Labute approximate surface area is 168 Å². The summed E-state index contributed by atoms with van der Waals surface area (Å²) in [5.41, 5.74) is 1.12. The molecule has 2 rings (SSSR count). The number of nitrogens with zero attached hydrogens (tertiary/aromatic N) is 1. The molecule has 1 aliphatic heterocycles. The summed E-state index contributed by atoms with van der Waals surface area (Å²) in [6, 6.07) is 8.07. The number of ether oxygens (including phenoxy) is 4. The van der Waals surface area contributed by atoms with Crippen LogP contribution in [0.4, 0.5) is 0 Å². The average Bonchev–Trinajstić information content (AvgIpc) is 3.23. The molecule has 1 fully saturated rings. The molecule has 1 aromatic carbocycles. The largest absolute Gasteiger partial charge is 0.493 e. The highest BCUT2D eigenvalue weighted by molar-refractivity contribution is 5.79. The summed E-state index contributed by atoms with van der Waals surface area (Å²) in [6.45, 7) is 7.96. The molecule has 7 heteroatoms. The minimum absolute atomic E-state index is 0.269. The molecule has 1 aliphatic rings. The number of nitrogens with one attached hydrogen (secondary N) is 2. The molecule has 158 valence electrons. The van der Waals surface area contributed by atoms with E-state index in [0.29, 0.717) is 19.8 Å². The number of methoxy groups -OCH3 is 1. The van der Waals surface area contributed by atoms with E-state index in [2.05, 4.69) is 28.6 Å². The van der Waals surface area contributed by atoms with Gasteiger partial charge in [-0.3, -0.25) is 0 Å². The van der Waals surface area contributed by atoms with E-state index >= 15 is 0 Å². The zero-order chi connectivity index (χ0) is 19.9. The fraction of sp³-hybridized carbons (Fsp3) is 0.667. The average molecular weight is 394 g/mol. The van der Waals surface area contributed by atoms with E-state index in [1.807, 2.05) is 18.2 Å². The van der Waals surface area contributed by atoms with E-state index < -0.39 is 0 Å². The summed E-state index contributed by atoms with van der Waals surface area (Å²) in [6.07, 6.45) is 3.09. The van der Waals surface area contributed by atoms with Crippen LogP contribution in [0.15, 0.2) is 29.3 Å². The van der Waals surface area contributed by atoms with Gasteiger partial charge < -0.3 is 29.6 Å². The molecule has 0 amide bonds. The Balaban J connectivity index is 1.71. The molecular weight excluding hydrogens is 358 g/mol. The monoisotopic (exact) mass is 393 g/mol. The molecule has 1 atom stereocenters. The van der Waals surface area contributed by atoms with Crippen LogP contribution in [0.5, 0.6) is 5.75 Å². The van der Waals surface area contributed by atoms with Gasteiger partial charge in [-0.1, -0.05) is 12.1 Å². The van der Waals surface area contributed by atoms with Crippen molar-refractivity contribution < 1.29 is 18.9 Å². The van der Waals surface area contributed by atoms with Crippen LogP contribution in [-0.2, 0) is 20.8 Å². The second-order valence-electron chi connectivity index (χ2n) is 6.67. The van der Waals surface area contributed by atoms with Crippen LogP contribution in [0.2, 0.25) is 0 Å². The zero-order valence-electron chi connectivity index (χ0n) is 17.2. The van der Waals surface area contributed by atoms with E-state index in [0.717, 1.165) is 69.4 Å². The number of hydrogen-bond acceptors (Lipinski definition) is 5. The second-order valence-corrected chi connectivity index (χ2v) is 6.67. The molecule has 2 N–H and O–H groups in total. The zero-order valence-corrected chi connectivity index (χ0v) is 17.2. The van der Waals surface area contributed by atoms with E-state index in [9.17, 15) is 0 Å². The van der Waals surface area contributed by atoms with Crippen LogP contribution in [0, 0.1) is 0 Å². The molecule has 0 spiro atoms. The highest BCUT2D eigenvalue weighted by atomic mass is 16.5. The van der Waals surface area contributed by atoms with Crippen molar-refractivity contribution >= 4 is 5.96 Å². The number of aliphatic imine (C=N–C) groups is 1. The maximum absolute atomic E-state index is 5.79. The SMILES string of the molecule is CCNC(=NCc1cccc(OCCCOC)c1)NCCCOC1CCOC1. The van der Waals surface area contributed by atoms with Gasteiger partial charge in [-0.2, -0.15) is 0 Å². The van der Waals surface area contributed by atoms with Crippen molar-refractivity contribution in [3.05, 3.63) is 29.8 Å². The molecule has 28 heavy (non-hydrogen) atoms. The normalized spacial score (nSPS) is 16.9. The van der Waals surface area contributed by atoms with Crippen LogP contribution in [0.1, 0.15) is 31.7 Å². The summed E-state index contributed by atoms with van der Waals surface area (Å²) in [7, 11) is 1.70. The third-order valence-electron chi connectivity index (χ3n) is 4.28. The molecule has 1 saturated heterocycles. The Hall–Kier alpha value is -1.83. The minimum atomic E-state index is 0.269. The predicted molar refractivity (Wildman–Crippen MR) is 111 cm³/mol. The Bertz CT molecular complexity index is 562. The van der Waals surface area contributed by atoms with Gasteiger partial charge in [-0.05, 0) is 37.5 Å². The lowest BCUT2D eigenvalue weighted by molar-refractivity contribution is 0.0420.